The second-order valence-electron chi connectivity index (χ2n) is 8.54. The first-order chi connectivity index (χ1) is 18.4. The zero-order valence-corrected chi connectivity index (χ0v) is 23.1. The van der Waals surface area contributed by atoms with Crippen molar-refractivity contribution in [2.24, 2.45) is 0 Å². The highest BCUT2D eigenvalue weighted by molar-refractivity contribution is 5.92. The van der Waals surface area contributed by atoms with Gasteiger partial charge >= 0.3 is 5.97 Å². The predicted octanol–water partition coefficient (Wildman–Crippen LogP) is 5.10. The van der Waals surface area contributed by atoms with Crippen LogP contribution in [0, 0.1) is 0 Å². The van der Waals surface area contributed by atoms with E-state index in [0.29, 0.717) is 28.6 Å². The highest BCUT2D eigenvalue weighted by atomic mass is 16.5. The highest BCUT2D eigenvalue weighted by Gasteiger charge is 2.17. The number of hydrogen-bond acceptors (Lipinski definition) is 8. The van der Waals surface area contributed by atoms with E-state index in [4.69, 9.17) is 33.2 Å². The number of benzene rings is 3. The van der Waals surface area contributed by atoms with Gasteiger partial charge in [-0.05, 0) is 78.3 Å². The largest absolute Gasteiger partial charge is 0.496 e. The van der Waals surface area contributed by atoms with Crippen LogP contribution in [0.15, 0.2) is 42.5 Å². The summed E-state index contributed by atoms with van der Waals surface area (Å²) in [5.74, 6) is 3.40. The van der Waals surface area contributed by atoms with Crippen LogP contribution in [-0.4, -0.2) is 55.7 Å². The van der Waals surface area contributed by atoms with Gasteiger partial charge in [0.2, 0.25) is 5.75 Å². The average Bonchev–Trinajstić information content (AvgIpc) is 2.97. The molecule has 0 amide bonds. The van der Waals surface area contributed by atoms with Crippen LogP contribution in [-0.2, 0) is 30.4 Å². The van der Waals surface area contributed by atoms with Gasteiger partial charge in [-0.2, -0.15) is 0 Å². The molecule has 0 radical (unpaired) electrons. The molecule has 3 rings (SSSR count). The van der Waals surface area contributed by atoms with E-state index in [9.17, 15) is 4.79 Å². The Morgan fingerprint density at radius 1 is 0.526 bits per heavy atom. The fourth-order valence-electron chi connectivity index (χ4n) is 4.44. The summed E-state index contributed by atoms with van der Waals surface area (Å²) in [5.41, 5.74) is 4.61. The SMILES string of the molecule is COC(=O)c1ccc(CCc2cc(CCc3cc(OC)c(OC)c(OC)c3)c(OC)cc2OC)cc1OC. The summed E-state index contributed by atoms with van der Waals surface area (Å²) < 4.78 is 38.1. The van der Waals surface area contributed by atoms with Crippen molar-refractivity contribution in [1.82, 2.24) is 0 Å². The third-order valence-corrected chi connectivity index (χ3v) is 6.45. The molecule has 0 aliphatic rings. The normalized spacial score (nSPS) is 10.5. The van der Waals surface area contributed by atoms with Gasteiger partial charge < -0.3 is 33.2 Å². The summed E-state index contributed by atoms with van der Waals surface area (Å²) in [6.45, 7) is 0. The zero-order valence-electron chi connectivity index (χ0n) is 23.1. The van der Waals surface area contributed by atoms with Gasteiger partial charge in [-0.3, -0.25) is 0 Å². The lowest BCUT2D eigenvalue weighted by molar-refractivity contribution is 0.0597. The maximum Gasteiger partial charge on any atom is 0.341 e. The monoisotopic (exact) mass is 524 g/mol. The zero-order chi connectivity index (χ0) is 27.7. The number of hydrogen-bond donors (Lipinski definition) is 0. The van der Waals surface area contributed by atoms with Crippen LogP contribution < -0.4 is 28.4 Å². The summed E-state index contributed by atoms with van der Waals surface area (Å²) >= 11 is 0. The number of aryl methyl sites for hydroxylation is 4. The van der Waals surface area contributed by atoms with Crippen molar-refractivity contribution in [3.8, 4) is 34.5 Å². The molecule has 0 N–H and O–H groups in total. The molecule has 0 unspecified atom stereocenters. The van der Waals surface area contributed by atoms with E-state index >= 15 is 0 Å². The third-order valence-electron chi connectivity index (χ3n) is 6.45. The number of methoxy groups -OCH3 is 7. The van der Waals surface area contributed by atoms with Crippen molar-refractivity contribution in [1.29, 1.82) is 0 Å². The first kappa shape index (κ1) is 28.5. The Kier molecular flexibility index (Phi) is 10.1. The average molecular weight is 525 g/mol. The van der Waals surface area contributed by atoms with Crippen molar-refractivity contribution >= 4 is 5.97 Å². The fourth-order valence-corrected chi connectivity index (χ4v) is 4.44. The van der Waals surface area contributed by atoms with Gasteiger partial charge in [-0.15, -0.1) is 0 Å². The molecule has 0 aromatic heterocycles. The molecule has 0 aliphatic carbocycles. The Labute approximate surface area is 224 Å². The highest BCUT2D eigenvalue weighted by Crippen LogP contribution is 2.39. The van der Waals surface area contributed by atoms with Crippen LogP contribution in [0.2, 0.25) is 0 Å². The van der Waals surface area contributed by atoms with Crippen LogP contribution in [0.3, 0.4) is 0 Å². The minimum Gasteiger partial charge on any atom is -0.496 e. The Hall–Kier alpha value is -4.07. The molecule has 8 nitrogen and oxygen atoms in total. The molecule has 0 atom stereocenters. The first-order valence-electron chi connectivity index (χ1n) is 12.2. The molecule has 0 saturated heterocycles. The van der Waals surface area contributed by atoms with Crippen LogP contribution in [0.4, 0.5) is 0 Å². The van der Waals surface area contributed by atoms with Gasteiger partial charge in [-0.1, -0.05) is 6.07 Å². The van der Waals surface area contributed by atoms with Gasteiger partial charge in [0.1, 0.15) is 22.8 Å². The van der Waals surface area contributed by atoms with Crippen LogP contribution >= 0.6 is 0 Å². The molecule has 0 fully saturated rings. The smallest absolute Gasteiger partial charge is 0.341 e. The molecular weight excluding hydrogens is 488 g/mol. The van der Waals surface area contributed by atoms with Crippen LogP contribution in [0.25, 0.3) is 0 Å². The predicted molar refractivity (Wildman–Crippen MR) is 145 cm³/mol. The summed E-state index contributed by atoms with van der Waals surface area (Å²) in [6.07, 6.45) is 2.93. The van der Waals surface area contributed by atoms with Crippen molar-refractivity contribution < 1.29 is 38.0 Å². The van der Waals surface area contributed by atoms with E-state index in [1.54, 1.807) is 48.7 Å². The van der Waals surface area contributed by atoms with Gasteiger partial charge in [0.15, 0.2) is 11.5 Å². The molecule has 0 bridgehead atoms. The van der Waals surface area contributed by atoms with E-state index in [1.165, 1.54) is 7.11 Å². The summed E-state index contributed by atoms with van der Waals surface area (Å²) in [5, 5.41) is 0. The molecule has 0 aliphatic heterocycles. The molecular formula is C30H36O8. The second-order valence-corrected chi connectivity index (χ2v) is 8.54. The van der Waals surface area contributed by atoms with Gasteiger partial charge in [0.05, 0.1) is 49.8 Å². The molecule has 204 valence electrons. The van der Waals surface area contributed by atoms with Gasteiger partial charge in [0.25, 0.3) is 0 Å². The standard InChI is InChI=1S/C30H36O8/c1-32-24-18-25(33-2)22(12-9-20-15-27(35-4)29(37-6)28(16-20)36-5)17-21(24)11-8-19-10-13-23(30(31)38-7)26(14-19)34-3/h10,13-18H,8-9,11-12H2,1-7H3. The molecule has 3 aromatic rings. The Morgan fingerprint density at radius 3 is 1.50 bits per heavy atom. The van der Waals surface area contributed by atoms with Crippen molar-refractivity contribution in [3.05, 3.63) is 70.3 Å². The van der Waals surface area contributed by atoms with Gasteiger partial charge in [0, 0.05) is 6.07 Å². The molecule has 0 saturated carbocycles. The number of ether oxygens (including phenoxy) is 7. The number of rotatable bonds is 13. The van der Waals surface area contributed by atoms with Crippen LogP contribution in [0.1, 0.15) is 32.6 Å². The number of carbonyl (C=O) groups is 1. The quantitative estimate of drug-likeness (QED) is 0.286. The van der Waals surface area contributed by atoms with E-state index in [-0.39, 0.29) is 0 Å². The fraction of sp³-hybridized carbons (Fsp3) is 0.367. The lowest BCUT2D eigenvalue weighted by atomic mass is 9.97. The number of carbonyl (C=O) groups excluding carboxylic acids is 1. The molecule has 0 heterocycles. The summed E-state index contributed by atoms with van der Waals surface area (Å²) in [4.78, 5) is 12.0. The Morgan fingerprint density at radius 2 is 1.03 bits per heavy atom. The minimum atomic E-state index is -0.429. The molecule has 3 aromatic carbocycles. The second kappa shape index (κ2) is 13.5. The van der Waals surface area contributed by atoms with E-state index in [2.05, 4.69) is 6.07 Å². The minimum absolute atomic E-state index is 0.398. The lowest BCUT2D eigenvalue weighted by Crippen LogP contribution is -2.05. The Balaban J connectivity index is 1.84. The molecule has 0 spiro atoms. The topological polar surface area (TPSA) is 81.7 Å². The van der Waals surface area contributed by atoms with Gasteiger partial charge in [-0.25, -0.2) is 4.79 Å². The lowest BCUT2D eigenvalue weighted by Gasteiger charge is -2.17. The summed E-state index contributed by atoms with van der Waals surface area (Å²) in [6, 6.07) is 13.5. The van der Waals surface area contributed by atoms with Crippen molar-refractivity contribution in [3.63, 3.8) is 0 Å². The third kappa shape index (κ3) is 6.43. The number of esters is 1. The van der Waals surface area contributed by atoms with Crippen LogP contribution in [0.5, 0.6) is 34.5 Å². The van der Waals surface area contributed by atoms with Crippen molar-refractivity contribution in [2.75, 3.05) is 49.8 Å². The molecule has 38 heavy (non-hydrogen) atoms. The van der Waals surface area contributed by atoms with Crippen molar-refractivity contribution in [2.45, 2.75) is 25.7 Å². The van der Waals surface area contributed by atoms with E-state index < -0.39 is 5.97 Å². The summed E-state index contributed by atoms with van der Waals surface area (Å²) in [7, 11) is 11.0. The first-order valence-corrected chi connectivity index (χ1v) is 12.2. The maximum absolute atomic E-state index is 12.0. The van der Waals surface area contributed by atoms with E-state index in [1.807, 2.05) is 30.3 Å². The Bertz CT molecular complexity index is 1230. The van der Waals surface area contributed by atoms with E-state index in [0.717, 1.165) is 59.4 Å². The maximum atomic E-state index is 12.0. The molecule has 8 heteroatoms.